The molecule has 1 N–H and O–H groups in total. The standard InChI is InChI=1S/C15H27NO/c1-3-5-6-7-8-9-14(17)15(4-2)10-12-16-13-11-15/h3,16H,1,4-13H2,2H3. The van der Waals surface area contributed by atoms with Crippen molar-refractivity contribution in [2.24, 2.45) is 5.41 Å². The minimum Gasteiger partial charge on any atom is -0.317 e. The van der Waals surface area contributed by atoms with Crippen molar-refractivity contribution in [3.63, 3.8) is 0 Å². The summed E-state index contributed by atoms with van der Waals surface area (Å²) in [6.45, 7) is 7.90. The molecule has 0 radical (unpaired) electrons. The quantitative estimate of drug-likeness (QED) is 0.517. The van der Waals surface area contributed by atoms with Gasteiger partial charge in [0.25, 0.3) is 0 Å². The SMILES string of the molecule is C=CCCCCCC(=O)C1(CC)CCNCC1. The van der Waals surface area contributed by atoms with E-state index < -0.39 is 0 Å². The summed E-state index contributed by atoms with van der Waals surface area (Å²) >= 11 is 0. The number of hydrogen-bond donors (Lipinski definition) is 1. The van der Waals surface area contributed by atoms with Gasteiger partial charge in [-0.2, -0.15) is 0 Å². The number of unbranched alkanes of at least 4 members (excludes halogenated alkanes) is 3. The van der Waals surface area contributed by atoms with Gasteiger partial charge in [-0.25, -0.2) is 0 Å². The van der Waals surface area contributed by atoms with Crippen molar-refractivity contribution in [1.29, 1.82) is 0 Å². The van der Waals surface area contributed by atoms with Crippen LogP contribution in [0.1, 0.15) is 58.3 Å². The van der Waals surface area contributed by atoms with Gasteiger partial charge in [-0.15, -0.1) is 6.58 Å². The third-order valence-electron chi connectivity index (χ3n) is 4.14. The summed E-state index contributed by atoms with van der Waals surface area (Å²) < 4.78 is 0. The van der Waals surface area contributed by atoms with Crippen LogP contribution in [0.5, 0.6) is 0 Å². The molecule has 0 amide bonds. The minimum atomic E-state index is 0.00366. The summed E-state index contributed by atoms with van der Waals surface area (Å²) in [6.07, 6.45) is 10.3. The van der Waals surface area contributed by atoms with E-state index in [-0.39, 0.29) is 5.41 Å². The Morgan fingerprint density at radius 2 is 2.00 bits per heavy atom. The number of nitrogens with one attached hydrogen (secondary N) is 1. The van der Waals surface area contributed by atoms with Crippen molar-refractivity contribution in [2.75, 3.05) is 13.1 Å². The minimum absolute atomic E-state index is 0.00366. The molecule has 0 spiro atoms. The van der Waals surface area contributed by atoms with E-state index in [9.17, 15) is 4.79 Å². The predicted octanol–water partition coefficient (Wildman–Crippen LogP) is 3.47. The fourth-order valence-electron chi connectivity index (χ4n) is 2.75. The number of rotatable bonds is 8. The molecule has 0 unspecified atom stereocenters. The van der Waals surface area contributed by atoms with E-state index in [4.69, 9.17) is 0 Å². The molecule has 1 aliphatic heterocycles. The summed E-state index contributed by atoms with van der Waals surface area (Å²) in [5.74, 6) is 0.514. The Balaban J connectivity index is 2.30. The van der Waals surface area contributed by atoms with Gasteiger partial charge in [0.2, 0.25) is 0 Å². The van der Waals surface area contributed by atoms with E-state index in [0.717, 1.165) is 58.0 Å². The zero-order valence-electron chi connectivity index (χ0n) is 11.3. The average Bonchev–Trinajstić information content (AvgIpc) is 2.39. The molecule has 0 atom stereocenters. The van der Waals surface area contributed by atoms with E-state index in [1.165, 1.54) is 6.42 Å². The molecule has 17 heavy (non-hydrogen) atoms. The molecule has 2 heteroatoms. The zero-order valence-corrected chi connectivity index (χ0v) is 11.3. The molecule has 0 aromatic carbocycles. The van der Waals surface area contributed by atoms with Crippen molar-refractivity contribution in [3.05, 3.63) is 12.7 Å². The molecule has 98 valence electrons. The van der Waals surface area contributed by atoms with Crippen molar-refractivity contribution >= 4 is 5.78 Å². The summed E-state index contributed by atoms with van der Waals surface area (Å²) in [7, 11) is 0. The highest BCUT2D eigenvalue weighted by Crippen LogP contribution is 2.35. The van der Waals surface area contributed by atoms with Crippen molar-refractivity contribution in [2.45, 2.75) is 58.3 Å². The fourth-order valence-corrected chi connectivity index (χ4v) is 2.75. The van der Waals surface area contributed by atoms with E-state index in [1.54, 1.807) is 0 Å². The van der Waals surface area contributed by atoms with Gasteiger partial charge in [0.15, 0.2) is 0 Å². The van der Waals surface area contributed by atoms with Gasteiger partial charge in [-0.05, 0) is 51.6 Å². The molecule has 1 aliphatic rings. The van der Waals surface area contributed by atoms with Crippen LogP contribution in [0.2, 0.25) is 0 Å². The Bertz CT molecular complexity index is 241. The number of carbonyl (C=O) groups is 1. The van der Waals surface area contributed by atoms with Crippen molar-refractivity contribution in [3.8, 4) is 0 Å². The number of ketones is 1. The first-order valence-electron chi connectivity index (χ1n) is 7.10. The van der Waals surface area contributed by atoms with Gasteiger partial charge in [0.05, 0.1) is 0 Å². The number of carbonyl (C=O) groups excluding carboxylic acids is 1. The summed E-state index contributed by atoms with van der Waals surface area (Å²) in [5, 5.41) is 3.35. The topological polar surface area (TPSA) is 29.1 Å². The van der Waals surface area contributed by atoms with Crippen LogP contribution in [0.25, 0.3) is 0 Å². The molecule has 0 bridgehead atoms. The molecule has 0 saturated carbocycles. The second-order valence-electron chi connectivity index (χ2n) is 5.20. The monoisotopic (exact) mass is 237 g/mol. The highest BCUT2D eigenvalue weighted by Gasteiger charge is 2.36. The molecule has 0 aliphatic carbocycles. The highest BCUT2D eigenvalue weighted by molar-refractivity contribution is 5.84. The van der Waals surface area contributed by atoms with E-state index in [0.29, 0.717) is 5.78 Å². The van der Waals surface area contributed by atoms with Crippen molar-refractivity contribution in [1.82, 2.24) is 5.32 Å². The van der Waals surface area contributed by atoms with Crippen LogP contribution in [0.3, 0.4) is 0 Å². The summed E-state index contributed by atoms with van der Waals surface area (Å²) in [6, 6.07) is 0. The lowest BCUT2D eigenvalue weighted by molar-refractivity contribution is -0.130. The van der Waals surface area contributed by atoms with Crippen LogP contribution >= 0.6 is 0 Å². The number of Topliss-reactive ketones (excluding diaryl/α,β-unsaturated/α-hetero) is 1. The third kappa shape index (κ3) is 4.27. The second-order valence-corrected chi connectivity index (χ2v) is 5.20. The number of hydrogen-bond acceptors (Lipinski definition) is 2. The lowest BCUT2D eigenvalue weighted by atomic mass is 9.72. The maximum Gasteiger partial charge on any atom is 0.139 e. The van der Waals surface area contributed by atoms with Gasteiger partial charge in [-0.3, -0.25) is 4.79 Å². The van der Waals surface area contributed by atoms with Crippen LogP contribution in [0.15, 0.2) is 12.7 Å². The lowest BCUT2D eigenvalue weighted by Crippen LogP contribution is -2.41. The second kappa shape index (κ2) is 7.65. The molecular formula is C15H27NO. The van der Waals surface area contributed by atoms with Gasteiger partial charge in [0.1, 0.15) is 5.78 Å². The first-order chi connectivity index (χ1) is 8.25. The Morgan fingerprint density at radius 3 is 2.59 bits per heavy atom. The summed E-state index contributed by atoms with van der Waals surface area (Å²) in [5.41, 5.74) is 0.00366. The van der Waals surface area contributed by atoms with Crippen LogP contribution in [0.4, 0.5) is 0 Å². The smallest absolute Gasteiger partial charge is 0.139 e. The first-order valence-corrected chi connectivity index (χ1v) is 7.10. The Labute approximate surface area is 106 Å². The zero-order chi connectivity index (χ0) is 12.6. The maximum absolute atomic E-state index is 12.3. The van der Waals surface area contributed by atoms with Gasteiger partial charge < -0.3 is 5.32 Å². The number of piperidine rings is 1. The van der Waals surface area contributed by atoms with Crippen LogP contribution in [-0.2, 0) is 4.79 Å². The molecule has 1 fully saturated rings. The molecule has 1 rings (SSSR count). The first kappa shape index (κ1) is 14.4. The van der Waals surface area contributed by atoms with E-state index in [1.807, 2.05) is 6.08 Å². The van der Waals surface area contributed by atoms with Crippen LogP contribution in [-0.4, -0.2) is 18.9 Å². The molecule has 2 nitrogen and oxygen atoms in total. The number of allylic oxidation sites excluding steroid dienone is 1. The molecule has 0 aromatic heterocycles. The van der Waals surface area contributed by atoms with Gasteiger partial charge in [0, 0.05) is 11.8 Å². The maximum atomic E-state index is 12.3. The van der Waals surface area contributed by atoms with Gasteiger partial charge >= 0.3 is 0 Å². The summed E-state index contributed by atoms with van der Waals surface area (Å²) in [4.78, 5) is 12.3. The van der Waals surface area contributed by atoms with E-state index in [2.05, 4.69) is 18.8 Å². The Hall–Kier alpha value is -0.630. The largest absolute Gasteiger partial charge is 0.317 e. The third-order valence-corrected chi connectivity index (χ3v) is 4.14. The Kier molecular flexibility index (Phi) is 6.49. The Morgan fingerprint density at radius 1 is 1.29 bits per heavy atom. The normalized spacial score (nSPS) is 18.9. The van der Waals surface area contributed by atoms with E-state index >= 15 is 0 Å². The van der Waals surface area contributed by atoms with Crippen molar-refractivity contribution < 1.29 is 4.79 Å². The van der Waals surface area contributed by atoms with Gasteiger partial charge in [-0.1, -0.05) is 19.4 Å². The fraction of sp³-hybridized carbons (Fsp3) is 0.800. The molecular weight excluding hydrogens is 210 g/mol. The predicted molar refractivity (Wildman–Crippen MR) is 73.1 cm³/mol. The molecule has 1 heterocycles. The molecule has 1 saturated heterocycles. The van der Waals surface area contributed by atoms with Crippen LogP contribution < -0.4 is 5.32 Å². The highest BCUT2D eigenvalue weighted by atomic mass is 16.1. The average molecular weight is 237 g/mol. The van der Waals surface area contributed by atoms with Crippen LogP contribution in [0, 0.1) is 5.41 Å². The lowest BCUT2D eigenvalue weighted by Gasteiger charge is -2.35. The molecule has 0 aromatic rings.